The summed E-state index contributed by atoms with van der Waals surface area (Å²) in [5.41, 5.74) is 1.86. The molecule has 23 heavy (non-hydrogen) atoms. The minimum Gasteiger partial charge on any atom is -0.357 e. The molecule has 0 fully saturated rings. The highest BCUT2D eigenvalue weighted by Crippen LogP contribution is 2.10. The van der Waals surface area contributed by atoms with E-state index in [1.165, 1.54) is 0 Å². The van der Waals surface area contributed by atoms with Gasteiger partial charge in [-0.1, -0.05) is 19.1 Å². The molecule has 0 atom stereocenters. The third-order valence-electron chi connectivity index (χ3n) is 2.94. The van der Waals surface area contributed by atoms with Crippen LogP contribution in [0.3, 0.4) is 0 Å². The summed E-state index contributed by atoms with van der Waals surface area (Å²) in [6.45, 7) is 10.4. The normalized spacial score (nSPS) is 11.3. The van der Waals surface area contributed by atoms with E-state index in [4.69, 9.17) is 0 Å². The smallest absolute Gasteiger partial charge is 0.319 e. The molecule has 0 aliphatic heterocycles. The Morgan fingerprint density at radius 2 is 1.83 bits per heavy atom. The van der Waals surface area contributed by atoms with Gasteiger partial charge in [-0.2, -0.15) is 0 Å². The summed E-state index contributed by atoms with van der Waals surface area (Å²) in [4.78, 5) is 16.2. The zero-order valence-electron chi connectivity index (χ0n) is 14.6. The lowest BCUT2D eigenvalue weighted by Crippen LogP contribution is -2.37. The number of urea groups is 1. The van der Waals surface area contributed by atoms with Gasteiger partial charge >= 0.3 is 6.03 Å². The Kier molecular flexibility index (Phi) is 8.57. The second kappa shape index (κ2) is 10.5. The summed E-state index contributed by atoms with van der Waals surface area (Å²) in [7, 11) is 0. The zero-order valence-corrected chi connectivity index (χ0v) is 14.6. The Balaban J connectivity index is 2.56. The van der Waals surface area contributed by atoms with Crippen LogP contribution in [0.4, 0.5) is 10.5 Å². The van der Waals surface area contributed by atoms with E-state index >= 15 is 0 Å². The van der Waals surface area contributed by atoms with Crippen LogP contribution in [0.25, 0.3) is 0 Å². The number of benzene rings is 1. The average molecular weight is 319 g/mol. The molecule has 4 N–H and O–H groups in total. The zero-order chi connectivity index (χ0) is 17.1. The largest absolute Gasteiger partial charge is 0.357 e. The van der Waals surface area contributed by atoms with Crippen LogP contribution in [-0.4, -0.2) is 31.1 Å². The molecule has 1 rings (SSSR count). The third kappa shape index (κ3) is 8.09. The summed E-state index contributed by atoms with van der Waals surface area (Å²) in [5.74, 6) is 0.827. The van der Waals surface area contributed by atoms with Crippen molar-refractivity contribution in [1.29, 1.82) is 0 Å². The molecule has 0 aliphatic carbocycles. The van der Waals surface area contributed by atoms with Gasteiger partial charge in [0, 0.05) is 24.8 Å². The van der Waals surface area contributed by atoms with Gasteiger partial charge in [0.25, 0.3) is 0 Å². The first-order valence-corrected chi connectivity index (χ1v) is 8.23. The molecule has 0 aliphatic rings. The first-order chi connectivity index (χ1) is 11.0. The van der Waals surface area contributed by atoms with Gasteiger partial charge in [-0.15, -0.1) is 0 Å². The summed E-state index contributed by atoms with van der Waals surface area (Å²) in [6, 6.07) is 7.64. The number of carbonyl (C=O) groups excluding carboxylic acids is 1. The monoisotopic (exact) mass is 319 g/mol. The number of nitrogens with one attached hydrogen (secondary N) is 4. The number of rotatable bonds is 7. The summed E-state index contributed by atoms with van der Waals surface area (Å²) in [6.07, 6.45) is 1.06. The van der Waals surface area contributed by atoms with Crippen molar-refractivity contribution in [3.05, 3.63) is 29.8 Å². The van der Waals surface area contributed by atoms with Gasteiger partial charge in [-0.05, 0) is 44.9 Å². The van der Waals surface area contributed by atoms with Gasteiger partial charge in [0.05, 0.1) is 6.54 Å². The van der Waals surface area contributed by atoms with Crippen molar-refractivity contribution in [2.45, 2.75) is 46.7 Å². The molecule has 0 radical (unpaired) electrons. The summed E-state index contributed by atoms with van der Waals surface area (Å²) in [5, 5.41) is 12.1. The fourth-order valence-electron chi connectivity index (χ4n) is 1.88. The number of carbonyl (C=O) groups is 1. The van der Waals surface area contributed by atoms with E-state index < -0.39 is 0 Å². The van der Waals surface area contributed by atoms with Gasteiger partial charge < -0.3 is 21.3 Å². The highest BCUT2D eigenvalue weighted by molar-refractivity contribution is 5.89. The molecule has 128 valence electrons. The number of guanidine groups is 1. The Morgan fingerprint density at radius 3 is 2.39 bits per heavy atom. The predicted octanol–water partition coefficient (Wildman–Crippen LogP) is 2.68. The van der Waals surface area contributed by atoms with Crippen molar-refractivity contribution >= 4 is 17.7 Å². The van der Waals surface area contributed by atoms with Crippen molar-refractivity contribution in [3.63, 3.8) is 0 Å². The van der Waals surface area contributed by atoms with Crippen LogP contribution >= 0.6 is 0 Å². The molecular formula is C17H29N5O. The summed E-state index contributed by atoms with van der Waals surface area (Å²) >= 11 is 0. The Morgan fingerprint density at radius 1 is 1.13 bits per heavy atom. The predicted molar refractivity (Wildman–Crippen MR) is 96.8 cm³/mol. The maximum atomic E-state index is 11.6. The SMILES string of the molecule is CCCNC(=NCc1ccc(NC(=O)NC(C)C)cc1)NCC. The molecule has 0 heterocycles. The fraction of sp³-hybridized carbons (Fsp3) is 0.529. The fourth-order valence-corrected chi connectivity index (χ4v) is 1.88. The third-order valence-corrected chi connectivity index (χ3v) is 2.94. The molecule has 6 nitrogen and oxygen atoms in total. The van der Waals surface area contributed by atoms with Crippen molar-refractivity contribution in [3.8, 4) is 0 Å². The van der Waals surface area contributed by atoms with Crippen LogP contribution in [0.5, 0.6) is 0 Å². The Bertz CT molecular complexity index is 496. The topological polar surface area (TPSA) is 77.5 Å². The van der Waals surface area contributed by atoms with Crippen molar-refractivity contribution in [2.75, 3.05) is 18.4 Å². The molecule has 1 aromatic carbocycles. The Hall–Kier alpha value is -2.24. The van der Waals surface area contributed by atoms with Gasteiger partial charge in [0.1, 0.15) is 0 Å². The minimum atomic E-state index is -0.191. The summed E-state index contributed by atoms with van der Waals surface area (Å²) < 4.78 is 0. The van der Waals surface area contributed by atoms with Crippen LogP contribution in [0, 0.1) is 0 Å². The molecule has 6 heteroatoms. The number of hydrogen-bond donors (Lipinski definition) is 4. The van der Waals surface area contributed by atoms with Crippen molar-refractivity contribution < 1.29 is 4.79 Å². The van der Waals surface area contributed by atoms with E-state index in [9.17, 15) is 4.79 Å². The van der Waals surface area contributed by atoms with Crippen molar-refractivity contribution in [1.82, 2.24) is 16.0 Å². The quantitative estimate of drug-likeness (QED) is 0.461. The minimum absolute atomic E-state index is 0.115. The average Bonchev–Trinajstić information content (AvgIpc) is 2.50. The standard InChI is InChI=1S/C17H29N5O/c1-5-11-19-16(18-6-2)20-12-14-7-9-15(10-8-14)22-17(23)21-13(3)4/h7-10,13H,5-6,11-12H2,1-4H3,(H2,18,19,20)(H2,21,22,23). The molecule has 0 spiro atoms. The van der Waals surface area contributed by atoms with Gasteiger partial charge in [-0.3, -0.25) is 0 Å². The molecule has 0 aromatic heterocycles. The first kappa shape index (κ1) is 18.8. The second-order valence-corrected chi connectivity index (χ2v) is 5.57. The van der Waals surface area contributed by atoms with Gasteiger partial charge in [0.2, 0.25) is 0 Å². The van der Waals surface area contributed by atoms with E-state index in [1.807, 2.05) is 45.0 Å². The number of aliphatic imine (C=N–C) groups is 1. The lowest BCUT2D eigenvalue weighted by molar-refractivity contribution is 0.250. The van der Waals surface area contributed by atoms with Gasteiger partial charge in [-0.25, -0.2) is 9.79 Å². The number of anilines is 1. The maximum absolute atomic E-state index is 11.6. The highest BCUT2D eigenvalue weighted by atomic mass is 16.2. The number of amides is 2. The maximum Gasteiger partial charge on any atom is 0.319 e. The van der Waals surface area contributed by atoms with Crippen LogP contribution in [0.2, 0.25) is 0 Å². The van der Waals surface area contributed by atoms with E-state index in [0.29, 0.717) is 6.54 Å². The molecule has 2 amide bonds. The first-order valence-electron chi connectivity index (χ1n) is 8.23. The van der Waals surface area contributed by atoms with E-state index in [2.05, 4.69) is 33.2 Å². The molecule has 0 unspecified atom stereocenters. The molecule has 0 saturated carbocycles. The number of nitrogens with zero attached hydrogens (tertiary/aromatic N) is 1. The second-order valence-electron chi connectivity index (χ2n) is 5.57. The lowest BCUT2D eigenvalue weighted by atomic mass is 10.2. The number of hydrogen-bond acceptors (Lipinski definition) is 2. The molecule has 0 saturated heterocycles. The van der Waals surface area contributed by atoms with Crippen LogP contribution in [0.1, 0.15) is 39.7 Å². The van der Waals surface area contributed by atoms with E-state index in [-0.39, 0.29) is 12.1 Å². The lowest BCUT2D eigenvalue weighted by Gasteiger charge is -2.11. The molecule has 1 aromatic rings. The van der Waals surface area contributed by atoms with Crippen LogP contribution in [-0.2, 0) is 6.54 Å². The van der Waals surface area contributed by atoms with Gasteiger partial charge in [0.15, 0.2) is 5.96 Å². The van der Waals surface area contributed by atoms with E-state index in [1.54, 1.807) is 0 Å². The Labute approximate surface area is 139 Å². The van der Waals surface area contributed by atoms with Crippen LogP contribution < -0.4 is 21.3 Å². The van der Waals surface area contributed by atoms with E-state index in [0.717, 1.165) is 36.7 Å². The highest BCUT2D eigenvalue weighted by Gasteiger charge is 2.03. The van der Waals surface area contributed by atoms with Crippen molar-refractivity contribution in [2.24, 2.45) is 4.99 Å². The molecule has 0 bridgehead atoms. The molecular weight excluding hydrogens is 290 g/mol. The van der Waals surface area contributed by atoms with Crippen LogP contribution in [0.15, 0.2) is 29.3 Å².